The highest BCUT2D eigenvalue weighted by Gasteiger charge is 2.38. The molecule has 3 saturated heterocycles. The van der Waals surface area contributed by atoms with E-state index in [1.54, 1.807) is 0 Å². The zero-order valence-electron chi connectivity index (χ0n) is 15.6. The van der Waals surface area contributed by atoms with Gasteiger partial charge in [-0.25, -0.2) is 0 Å². The van der Waals surface area contributed by atoms with Gasteiger partial charge >= 0.3 is 0 Å². The Labute approximate surface area is 171 Å². The monoisotopic (exact) mass is 409 g/mol. The maximum absolute atomic E-state index is 13.3. The van der Waals surface area contributed by atoms with Crippen molar-refractivity contribution in [1.29, 1.82) is 0 Å². The number of nitrogens with one attached hydrogen (secondary N) is 1. The Kier molecular flexibility index (Phi) is 7.06. The van der Waals surface area contributed by atoms with Crippen LogP contribution < -0.4 is 5.32 Å². The minimum Gasteiger partial charge on any atom is -0.342 e. The molecule has 4 rings (SSSR count). The average molecular weight is 410 g/mol. The molecule has 2 unspecified atom stereocenters. The second-order valence-corrected chi connectivity index (χ2v) is 8.48. The molecule has 0 aliphatic carbocycles. The van der Waals surface area contributed by atoms with Gasteiger partial charge in [-0.15, -0.1) is 24.2 Å². The van der Waals surface area contributed by atoms with E-state index in [9.17, 15) is 9.59 Å². The average Bonchev–Trinajstić information content (AvgIpc) is 3.26. The van der Waals surface area contributed by atoms with Crippen molar-refractivity contribution in [3.05, 3.63) is 29.8 Å². The first kappa shape index (κ1) is 20.5. The molecule has 0 aromatic heterocycles. The van der Waals surface area contributed by atoms with Crippen LogP contribution in [-0.2, 0) is 4.79 Å². The highest BCUT2D eigenvalue weighted by molar-refractivity contribution is 8.00. The van der Waals surface area contributed by atoms with Crippen molar-refractivity contribution in [1.82, 2.24) is 15.1 Å². The Morgan fingerprint density at radius 2 is 1.81 bits per heavy atom. The van der Waals surface area contributed by atoms with Gasteiger partial charge in [0.25, 0.3) is 5.91 Å². The molecule has 1 aromatic carbocycles. The number of rotatable bonds is 4. The lowest BCUT2D eigenvalue weighted by Crippen LogP contribution is -2.42. The Bertz CT molecular complexity index is 667. The number of amides is 2. The van der Waals surface area contributed by atoms with Crippen LogP contribution in [0, 0.1) is 0 Å². The molecule has 3 heterocycles. The van der Waals surface area contributed by atoms with Crippen LogP contribution in [0.15, 0.2) is 29.2 Å². The molecule has 2 atom stereocenters. The zero-order valence-corrected chi connectivity index (χ0v) is 17.2. The molecule has 0 radical (unpaired) electrons. The maximum atomic E-state index is 13.3. The van der Waals surface area contributed by atoms with E-state index >= 15 is 0 Å². The van der Waals surface area contributed by atoms with Crippen molar-refractivity contribution in [2.75, 3.05) is 31.9 Å². The number of benzene rings is 1. The third-order valence-electron chi connectivity index (χ3n) is 5.82. The van der Waals surface area contributed by atoms with Crippen molar-refractivity contribution < 1.29 is 9.59 Å². The summed E-state index contributed by atoms with van der Waals surface area (Å²) in [5.74, 6) is 0.741. The number of thioether (sulfide) groups is 1. The smallest absolute Gasteiger partial charge is 0.255 e. The van der Waals surface area contributed by atoms with Gasteiger partial charge in [0, 0.05) is 36.6 Å². The summed E-state index contributed by atoms with van der Waals surface area (Å²) >= 11 is 1.51. The van der Waals surface area contributed by atoms with Gasteiger partial charge in [0.2, 0.25) is 5.91 Å². The summed E-state index contributed by atoms with van der Waals surface area (Å²) in [7, 11) is 0. The summed E-state index contributed by atoms with van der Waals surface area (Å²) in [5.41, 5.74) is 0.755. The molecule has 148 valence electrons. The van der Waals surface area contributed by atoms with E-state index in [4.69, 9.17) is 0 Å². The van der Waals surface area contributed by atoms with E-state index in [1.807, 2.05) is 29.2 Å². The number of halogens is 1. The number of carbonyl (C=O) groups excluding carboxylic acids is 2. The fraction of sp³-hybridized carbons (Fsp3) is 0.600. The molecule has 0 saturated carbocycles. The number of hydrogen-bond donors (Lipinski definition) is 1. The van der Waals surface area contributed by atoms with Gasteiger partial charge in [0.05, 0.1) is 11.3 Å². The quantitative estimate of drug-likeness (QED) is 0.777. The first-order valence-electron chi connectivity index (χ1n) is 9.77. The van der Waals surface area contributed by atoms with Gasteiger partial charge in [-0.1, -0.05) is 12.1 Å². The van der Waals surface area contributed by atoms with Crippen molar-refractivity contribution in [3.8, 4) is 0 Å². The Morgan fingerprint density at radius 1 is 1.07 bits per heavy atom. The van der Waals surface area contributed by atoms with E-state index in [0.717, 1.165) is 68.7 Å². The molecular formula is C20H28ClN3O2S. The van der Waals surface area contributed by atoms with Crippen LogP contribution in [-0.4, -0.2) is 65.6 Å². The van der Waals surface area contributed by atoms with Gasteiger partial charge in [0.1, 0.15) is 0 Å². The second kappa shape index (κ2) is 9.30. The van der Waals surface area contributed by atoms with E-state index in [0.29, 0.717) is 17.8 Å². The predicted molar refractivity (Wildman–Crippen MR) is 111 cm³/mol. The Morgan fingerprint density at radius 3 is 2.63 bits per heavy atom. The van der Waals surface area contributed by atoms with Gasteiger partial charge in [-0.05, 0) is 50.8 Å². The lowest BCUT2D eigenvalue weighted by molar-refractivity contribution is -0.127. The molecule has 27 heavy (non-hydrogen) atoms. The highest BCUT2D eigenvalue weighted by Crippen LogP contribution is 2.32. The molecule has 2 bridgehead atoms. The molecule has 2 amide bonds. The largest absolute Gasteiger partial charge is 0.342 e. The SMILES string of the molecule is Cl.O=C(CSc1ccccc1C(=O)N1C2CCNCC1CC2)N1CCCC1. The fourth-order valence-corrected chi connectivity index (χ4v) is 5.37. The van der Waals surface area contributed by atoms with Crippen LogP contribution in [0.1, 0.15) is 42.5 Å². The number of hydrogen-bond acceptors (Lipinski definition) is 4. The van der Waals surface area contributed by atoms with Gasteiger partial charge in [-0.3, -0.25) is 9.59 Å². The Hall–Kier alpha value is -1.24. The molecule has 3 aliphatic rings. The zero-order chi connectivity index (χ0) is 17.9. The number of carbonyl (C=O) groups is 2. The number of fused-ring (bicyclic) bond motifs is 2. The third-order valence-corrected chi connectivity index (χ3v) is 6.87. The molecular weight excluding hydrogens is 382 g/mol. The van der Waals surface area contributed by atoms with E-state index < -0.39 is 0 Å². The van der Waals surface area contributed by atoms with Crippen molar-refractivity contribution in [2.45, 2.75) is 49.1 Å². The number of nitrogens with zero attached hydrogens (tertiary/aromatic N) is 2. The molecule has 5 nitrogen and oxygen atoms in total. The third kappa shape index (κ3) is 4.44. The topological polar surface area (TPSA) is 52.7 Å². The van der Waals surface area contributed by atoms with Gasteiger partial charge in [0.15, 0.2) is 0 Å². The van der Waals surface area contributed by atoms with Crippen LogP contribution in [0.5, 0.6) is 0 Å². The van der Waals surface area contributed by atoms with Crippen LogP contribution in [0.2, 0.25) is 0 Å². The number of likely N-dealkylation sites (tertiary alicyclic amines) is 1. The van der Waals surface area contributed by atoms with Crippen LogP contribution in [0.4, 0.5) is 0 Å². The van der Waals surface area contributed by atoms with Crippen LogP contribution in [0.25, 0.3) is 0 Å². The standard InChI is InChI=1S/C20H27N3O2S.ClH/c24-19(22-11-3-4-12-22)14-26-18-6-2-1-5-17(18)20(25)23-15-7-8-16(23)13-21-10-9-15;/h1-2,5-6,15-16,21H,3-4,7-14H2;1H. The first-order valence-corrected chi connectivity index (χ1v) is 10.8. The normalized spacial score (nSPS) is 24.4. The minimum atomic E-state index is 0. The fourth-order valence-electron chi connectivity index (χ4n) is 4.42. The summed E-state index contributed by atoms with van der Waals surface area (Å²) in [6.45, 7) is 3.64. The molecule has 0 spiro atoms. The van der Waals surface area contributed by atoms with E-state index in [2.05, 4.69) is 10.2 Å². The maximum Gasteiger partial charge on any atom is 0.255 e. The van der Waals surface area contributed by atoms with Crippen LogP contribution in [0.3, 0.4) is 0 Å². The molecule has 3 fully saturated rings. The predicted octanol–water partition coefficient (Wildman–Crippen LogP) is 2.79. The van der Waals surface area contributed by atoms with Crippen LogP contribution >= 0.6 is 24.2 Å². The lowest BCUT2D eigenvalue weighted by atomic mass is 10.1. The van der Waals surface area contributed by atoms with Gasteiger partial charge < -0.3 is 15.1 Å². The van der Waals surface area contributed by atoms with Crippen molar-refractivity contribution in [2.24, 2.45) is 0 Å². The molecule has 7 heteroatoms. The molecule has 3 aliphatic heterocycles. The van der Waals surface area contributed by atoms with E-state index in [1.165, 1.54) is 11.8 Å². The lowest BCUT2D eigenvalue weighted by Gasteiger charge is -2.28. The summed E-state index contributed by atoms with van der Waals surface area (Å²) in [6.07, 6.45) is 5.45. The summed E-state index contributed by atoms with van der Waals surface area (Å²) < 4.78 is 0. The van der Waals surface area contributed by atoms with Crippen molar-refractivity contribution >= 4 is 36.0 Å². The Balaban J connectivity index is 0.00000210. The second-order valence-electron chi connectivity index (χ2n) is 7.46. The molecule has 1 N–H and O–H groups in total. The summed E-state index contributed by atoms with van der Waals surface area (Å²) in [6, 6.07) is 8.44. The van der Waals surface area contributed by atoms with Gasteiger partial charge in [-0.2, -0.15) is 0 Å². The minimum absolute atomic E-state index is 0. The van der Waals surface area contributed by atoms with Crippen molar-refractivity contribution in [3.63, 3.8) is 0 Å². The van der Waals surface area contributed by atoms with E-state index in [-0.39, 0.29) is 24.2 Å². The highest BCUT2D eigenvalue weighted by atomic mass is 35.5. The summed E-state index contributed by atoms with van der Waals surface area (Å²) in [4.78, 5) is 30.7. The summed E-state index contributed by atoms with van der Waals surface area (Å²) in [5, 5.41) is 3.45. The first-order chi connectivity index (χ1) is 12.7. The molecule has 1 aromatic rings.